The summed E-state index contributed by atoms with van der Waals surface area (Å²) in [7, 11) is 0. The summed E-state index contributed by atoms with van der Waals surface area (Å²) in [6.45, 7) is 1.62. The number of benzene rings is 1. The summed E-state index contributed by atoms with van der Waals surface area (Å²) in [4.78, 5) is 23.1. The molecule has 0 bridgehead atoms. The summed E-state index contributed by atoms with van der Waals surface area (Å²) in [5, 5.41) is 11.4. The zero-order chi connectivity index (χ0) is 17.0. The first kappa shape index (κ1) is 16.7. The molecule has 7 heteroatoms. The third-order valence-electron chi connectivity index (χ3n) is 3.16. The van der Waals surface area contributed by atoms with E-state index in [4.69, 9.17) is 9.52 Å². The van der Waals surface area contributed by atoms with Crippen LogP contribution in [0.3, 0.4) is 0 Å². The number of carboxylic acid groups (broad SMARTS) is 1. The first-order valence-electron chi connectivity index (χ1n) is 6.84. The number of aliphatic carboxylic acids is 1. The highest BCUT2D eigenvalue weighted by Gasteiger charge is 2.20. The van der Waals surface area contributed by atoms with Gasteiger partial charge in [0.05, 0.1) is 11.8 Å². The molecule has 0 radical (unpaired) electrons. The van der Waals surface area contributed by atoms with Gasteiger partial charge in [-0.15, -0.1) is 0 Å². The highest BCUT2D eigenvalue weighted by Crippen LogP contribution is 2.20. The van der Waals surface area contributed by atoms with Crippen molar-refractivity contribution in [3.63, 3.8) is 0 Å². The second kappa shape index (κ2) is 7.04. The lowest BCUT2D eigenvalue weighted by Crippen LogP contribution is -2.15. The molecule has 0 unspecified atom stereocenters. The molecule has 0 fully saturated rings. The Morgan fingerprint density at radius 1 is 1.35 bits per heavy atom. The monoisotopic (exact) mass is 323 g/mol. The van der Waals surface area contributed by atoms with Crippen LogP contribution in [0.5, 0.6) is 0 Å². The first-order valence-corrected chi connectivity index (χ1v) is 6.84. The molecule has 1 amide bonds. The molecular formula is C16H15F2NO4. The first-order chi connectivity index (χ1) is 10.9. The topological polar surface area (TPSA) is 79.5 Å². The van der Waals surface area contributed by atoms with Gasteiger partial charge in [0, 0.05) is 17.7 Å². The number of aryl methyl sites for hydroxylation is 1. The maximum atomic E-state index is 12.4. The van der Waals surface area contributed by atoms with Gasteiger partial charge < -0.3 is 14.8 Å². The summed E-state index contributed by atoms with van der Waals surface area (Å²) in [5.74, 6) is -1.61. The van der Waals surface area contributed by atoms with Gasteiger partial charge in [0.25, 0.3) is 5.91 Å². The molecule has 0 saturated carbocycles. The van der Waals surface area contributed by atoms with Gasteiger partial charge in [0.2, 0.25) is 6.43 Å². The van der Waals surface area contributed by atoms with Gasteiger partial charge in [-0.1, -0.05) is 12.1 Å². The van der Waals surface area contributed by atoms with Crippen LogP contribution in [0.15, 0.2) is 34.9 Å². The summed E-state index contributed by atoms with van der Waals surface area (Å²) in [6, 6.07) is 6.13. The van der Waals surface area contributed by atoms with Crippen LogP contribution in [-0.4, -0.2) is 23.4 Å². The number of carbonyl (C=O) groups excluding carboxylic acids is 1. The highest BCUT2D eigenvalue weighted by molar-refractivity contribution is 6.06. The van der Waals surface area contributed by atoms with Crippen LogP contribution in [-0.2, 0) is 17.6 Å². The van der Waals surface area contributed by atoms with E-state index in [2.05, 4.69) is 5.32 Å². The molecule has 0 aliphatic rings. The van der Waals surface area contributed by atoms with E-state index in [9.17, 15) is 18.4 Å². The number of halogens is 2. The fourth-order valence-corrected chi connectivity index (χ4v) is 2.22. The van der Waals surface area contributed by atoms with Crippen LogP contribution in [0, 0.1) is 6.92 Å². The minimum absolute atomic E-state index is 0.0521. The summed E-state index contributed by atoms with van der Waals surface area (Å²) in [5.41, 5.74) is 1.40. The zero-order valence-electron chi connectivity index (χ0n) is 12.3. The van der Waals surface area contributed by atoms with Crippen LogP contribution in [0.25, 0.3) is 0 Å². The quantitative estimate of drug-likeness (QED) is 0.855. The Morgan fingerprint density at radius 3 is 2.74 bits per heavy atom. The van der Waals surface area contributed by atoms with Crippen molar-refractivity contribution in [3.8, 4) is 0 Å². The Hall–Kier alpha value is -2.70. The molecule has 0 spiro atoms. The fourth-order valence-electron chi connectivity index (χ4n) is 2.22. The smallest absolute Gasteiger partial charge is 0.311 e. The number of alkyl halides is 2. The summed E-state index contributed by atoms with van der Waals surface area (Å²) < 4.78 is 29.9. The van der Waals surface area contributed by atoms with E-state index in [0.717, 1.165) is 0 Å². The molecule has 5 nitrogen and oxygen atoms in total. The maximum absolute atomic E-state index is 12.4. The zero-order valence-corrected chi connectivity index (χ0v) is 12.3. The molecular weight excluding hydrogens is 308 g/mol. The molecule has 0 saturated heterocycles. The molecule has 2 N–H and O–H groups in total. The van der Waals surface area contributed by atoms with E-state index in [-0.39, 0.29) is 11.3 Å². The number of nitrogens with one attached hydrogen (secondary N) is 1. The number of rotatable bonds is 6. The van der Waals surface area contributed by atoms with Crippen LogP contribution in [0.1, 0.15) is 27.2 Å². The van der Waals surface area contributed by atoms with E-state index >= 15 is 0 Å². The van der Waals surface area contributed by atoms with Crippen molar-refractivity contribution < 1.29 is 27.9 Å². The fraction of sp³-hybridized carbons (Fsp3) is 0.250. The van der Waals surface area contributed by atoms with Crippen LogP contribution in [0.2, 0.25) is 0 Å². The number of anilines is 1. The predicted octanol–water partition coefficient (Wildman–Crippen LogP) is 3.28. The lowest BCUT2D eigenvalue weighted by molar-refractivity contribution is -0.136. The van der Waals surface area contributed by atoms with Crippen molar-refractivity contribution in [3.05, 3.63) is 53.0 Å². The number of carbonyl (C=O) groups is 2. The Kier molecular flexibility index (Phi) is 5.10. The molecule has 1 aromatic heterocycles. The van der Waals surface area contributed by atoms with E-state index in [0.29, 0.717) is 16.8 Å². The third-order valence-corrected chi connectivity index (χ3v) is 3.16. The highest BCUT2D eigenvalue weighted by atomic mass is 19.3. The van der Waals surface area contributed by atoms with Crippen molar-refractivity contribution >= 4 is 17.6 Å². The number of hydrogen-bond acceptors (Lipinski definition) is 3. The lowest BCUT2D eigenvalue weighted by Gasteiger charge is -2.08. The Morgan fingerprint density at radius 2 is 2.09 bits per heavy atom. The Bertz CT molecular complexity index is 725. The van der Waals surface area contributed by atoms with Gasteiger partial charge in [0.15, 0.2) is 0 Å². The van der Waals surface area contributed by atoms with E-state index < -0.39 is 31.1 Å². The van der Waals surface area contributed by atoms with Crippen molar-refractivity contribution in [2.24, 2.45) is 0 Å². The molecule has 2 rings (SSSR count). The molecule has 0 aliphatic heterocycles. The van der Waals surface area contributed by atoms with Crippen LogP contribution < -0.4 is 5.32 Å². The largest absolute Gasteiger partial charge is 0.481 e. The van der Waals surface area contributed by atoms with Gasteiger partial charge >= 0.3 is 5.97 Å². The van der Waals surface area contributed by atoms with Crippen LogP contribution >= 0.6 is 0 Å². The summed E-state index contributed by atoms with van der Waals surface area (Å²) >= 11 is 0. The Balaban J connectivity index is 2.19. The van der Waals surface area contributed by atoms with Gasteiger partial charge in [-0.2, -0.15) is 0 Å². The normalized spacial score (nSPS) is 10.8. The van der Waals surface area contributed by atoms with Gasteiger partial charge in [0.1, 0.15) is 12.2 Å². The van der Waals surface area contributed by atoms with E-state index in [1.807, 2.05) is 0 Å². The Labute approximate surface area is 130 Å². The van der Waals surface area contributed by atoms with Gasteiger partial charge in [-0.05, 0) is 24.6 Å². The minimum atomic E-state index is -2.47. The van der Waals surface area contributed by atoms with Crippen molar-refractivity contribution in [2.45, 2.75) is 26.2 Å². The maximum Gasteiger partial charge on any atom is 0.311 e. The second-order valence-electron chi connectivity index (χ2n) is 5.04. The van der Waals surface area contributed by atoms with Crippen molar-refractivity contribution in [2.75, 3.05) is 5.32 Å². The molecule has 0 aliphatic carbocycles. The van der Waals surface area contributed by atoms with Crippen molar-refractivity contribution in [1.82, 2.24) is 0 Å². The molecule has 2 aromatic rings. The van der Waals surface area contributed by atoms with Gasteiger partial charge in [-0.3, -0.25) is 9.59 Å². The number of hydrogen-bond donors (Lipinski definition) is 2. The molecule has 122 valence electrons. The SMILES string of the molecule is Cc1coc(CC(=O)O)c1C(=O)Nc1cccc(CC(F)F)c1. The molecule has 1 aromatic carbocycles. The second-order valence-corrected chi connectivity index (χ2v) is 5.04. The number of amides is 1. The standard InChI is InChI=1S/C16H15F2NO4/c1-9-8-23-12(7-14(20)21)15(9)16(22)19-11-4-2-3-10(5-11)6-13(17)18/h2-5,8,13H,6-7H2,1H3,(H,19,22)(H,20,21). The van der Waals surface area contributed by atoms with E-state index in [1.165, 1.54) is 12.3 Å². The van der Waals surface area contributed by atoms with Crippen LogP contribution in [0.4, 0.5) is 14.5 Å². The average molecular weight is 323 g/mol. The third kappa shape index (κ3) is 4.38. The van der Waals surface area contributed by atoms with Gasteiger partial charge in [-0.25, -0.2) is 8.78 Å². The number of carboxylic acids is 1. The predicted molar refractivity (Wildman–Crippen MR) is 78.9 cm³/mol. The number of furan rings is 1. The lowest BCUT2D eigenvalue weighted by atomic mass is 10.1. The molecule has 23 heavy (non-hydrogen) atoms. The summed E-state index contributed by atoms with van der Waals surface area (Å²) in [6.07, 6.45) is -1.99. The molecule has 0 atom stereocenters. The van der Waals surface area contributed by atoms with Crippen molar-refractivity contribution in [1.29, 1.82) is 0 Å². The van der Waals surface area contributed by atoms with E-state index in [1.54, 1.807) is 25.1 Å². The average Bonchev–Trinajstić information content (AvgIpc) is 2.78. The molecule has 1 heterocycles. The minimum Gasteiger partial charge on any atom is -0.481 e.